The summed E-state index contributed by atoms with van der Waals surface area (Å²) in [4.78, 5) is 18.4. The number of nitrogens with one attached hydrogen (secondary N) is 1. The smallest absolute Gasteiger partial charge is 0.407 e. The number of alkyl carbamates (subject to hydrolysis) is 1. The van der Waals surface area contributed by atoms with Crippen LogP contribution in [-0.2, 0) is 11.3 Å². The van der Waals surface area contributed by atoms with Crippen LogP contribution in [0.1, 0.15) is 32.8 Å². The number of carbonyl (C=O) groups excluding carboxylic acids is 1. The Kier molecular flexibility index (Phi) is 6.07. The van der Waals surface area contributed by atoms with Crippen molar-refractivity contribution < 1.29 is 14.3 Å². The van der Waals surface area contributed by atoms with Gasteiger partial charge in [-0.3, -0.25) is 4.90 Å². The van der Waals surface area contributed by atoms with E-state index in [1.807, 2.05) is 26.8 Å². The Hall–Kier alpha value is -1.09. The van der Waals surface area contributed by atoms with E-state index in [1.165, 1.54) is 0 Å². The number of nitrogens with zero attached hydrogens (tertiary/aromatic N) is 2. The molecule has 0 bridgehead atoms. The first-order valence-corrected chi connectivity index (χ1v) is 8.75. The number of amides is 1. The molecule has 1 fully saturated rings. The summed E-state index contributed by atoms with van der Waals surface area (Å²) >= 11 is 2.30. The van der Waals surface area contributed by atoms with Gasteiger partial charge in [0.1, 0.15) is 5.60 Å². The van der Waals surface area contributed by atoms with Gasteiger partial charge >= 0.3 is 6.09 Å². The van der Waals surface area contributed by atoms with E-state index in [0.29, 0.717) is 5.88 Å². The molecule has 0 radical (unpaired) electrons. The van der Waals surface area contributed by atoms with E-state index in [1.54, 1.807) is 13.3 Å². The molecule has 1 amide bonds. The fourth-order valence-electron chi connectivity index (χ4n) is 2.56. The first kappa shape index (κ1) is 18.3. The van der Waals surface area contributed by atoms with Crippen LogP contribution in [0.5, 0.6) is 5.88 Å². The lowest BCUT2D eigenvalue weighted by atomic mass is 10.2. The minimum absolute atomic E-state index is 0.116. The molecule has 1 N–H and O–H groups in total. The zero-order chi connectivity index (χ0) is 17.0. The van der Waals surface area contributed by atoms with Gasteiger partial charge in [-0.2, -0.15) is 0 Å². The highest BCUT2D eigenvalue weighted by Crippen LogP contribution is 2.24. The first-order chi connectivity index (χ1) is 10.8. The van der Waals surface area contributed by atoms with E-state index in [9.17, 15) is 4.79 Å². The number of pyridine rings is 1. The molecule has 6 nitrogen and oxygen atoms in total. The molecule has 1 aromatic heterocycles. The third-order valence-corrected chi connectivity index (χ3v) is 4.54. The fourth-order valence-corrected chi connectivity index (χ4v) is 3.12. The van der Waals surface area contributed by atoms with Crippen molar-refractivity contribution in [2.24, 2.45) is 0 Å². The second-order valence-electron chi connectivity index (χ2n) is 6.65. The highest BCUT2D eigenvalue weighted by Gasteiger charge is 2.27. The summed E-state index contributed by atoms with van der Waals surface area (Å²) in [5.41, 5.74) is 0.621. The number of methoxy groups -OCH3 is 1. The van der Waals surface area contributed by atoms with Gasteiger partial charge in [0, 0.05) is 41.0 Å². The summed E-state index contributed by atoms with van der Waals surface area (Å²) in [6.45, 7) is 8.09. The zero-order valence-corrected chi connectivity index (χ0v) is 16.2. The molecule has 2 heterocycles. The van der Waals surface area contributed by atoms with Gasteiger partial charge in [-0.15, -0.1) is 0 Å². The lowest BCUT2D eigenvalue weighted by molar-refractivity contribution is 0.0505. The molecule has 0 aliphatic carbocycles. The molecule has 0 aromatic carbocycles. The Morgan fingerprint density at radius 1 is 1.52 bits per heavy atom. The summed E-state index contributed by atoms with van der Waals surface area (Å²) in [6, 6.07) is 2.09. The number of ether oxygens (including phenoxy) is 2. The van der Waals surface area contributed by atoms with Crippen molar-refractivity contribution in [3.8, 4) is 5.88 Å². The van der Waals surface area contributed by atoms with E-state index in [0.717, 1.165) is 35.2 Å². The largest absolute Gasteiger partial charge is 0.481 e. The second kappa shape index (κ2) is 7.65. The van der Waals surface area contributed by atoms with E-state index in [4.69, 9.17) is 9.47 Å². The Labute approximate surface area is 151 Å². The van der Waals surface area contributed by atoms with Crippen LogP contribution < -0.4 is 10.1 Å². The van der Waals surface area contributed by atoms with Crippen LogP contribution in [0, 0.1) is 3.57 Å². The van der Waals surface area contributed by atoms with Crippen molar-refractivity contribution in [2.75, 3.05) is 20.2 Å². The normalized spacial score (nSPS) is 18.7. The minimum Gasteiger partial charge on any atom is -0.481 e. The van der Waals surface area contributed by atoms with Gasteiger partial charge in [0.15, 0.2) is 0 Å². The average Bonchev–Trinajstić information content (AvgIpc) is 2.86. The molecule has 2 rings (SSSR count). The Bertz CT molecular complexity index is 560. The molecule has 128 valence electrons. The number of likely N-dealkylation sites (tertiary alicyclic amines) is 1. The van der Waals surface area contributed by atoms with Gasteiger partial charge in [0.25, 0.3) is 0 Å². The van der Waals surface area contributed by atoms with Gasteiger partial charge in [0.2, 0.25) is 5.88 Å². The predicted octanol–water partition coefficient (Wildman–Crippen LogP) is 2.79. The molecule has 1 aliphatic rings. The Morgan fingerprint density at radius 3 is 2.91 bits per heavy atom. The van der Waals surface area contributed by atoms with Crippen LogP contribution >= 0.6 is 22.6 Å². The van der Waals surface area contributed by atoms with Gasteiger partial charge < -0.3 is 14.8 Å². The maximum atomic E-state index is 11.9. The summed E-state index contributed by atoms with van der Waals surface area (Å²) < 4.78 is 11.8. The summed E-state index contributed by atoms with van der Waals surface area (Å²) in [6.07, 6.45) is 2.32. The molecular weight excluding hydrogens is 409 g/mol. The maximum absolute atomic E-state index is 11.9. The number of carbonyl (C=O) groups is 1. The molecule has 0 saturated carbocycles. The van der Waals surface area contributed by atoms with Crippen LogP contribution in [0.3, 0.4) is 0 Å². The van der Waals surface area contributed by atoms with E-state index < -0.39 is 5.60 Å². The second-order valence-corrected chi connectivity index (χ2v) is 7.81. The molecular formula is C16H24IN3O3. The molecule has 1 unspecified atom stereocenters. The van der Waals surface area contributed by atoms with Gasteiger partial charge in [-0.25, -0.2) is 9.78 Å². The van der Waals surface area contributed by atoms with E-state index in [-0.39, 0.29) is 12.1 Å². The van der Waals surface area contributed by atoms with E-state index >= 15 is 0 Å². The van der Waals surface area contributed by atoms with Crippen molar-refractivity contribution in [3.05, 3.63) is 21.4 Å². The van der Waals surface area contributed by atoms with Crippen LogP contribution in [-0.4, -0.2) is 47.8 Å². The van der Waals surface area contributed by atoms with Crippen molar-refractivity contribution >= 4 is 28.7 Å². The van der Waals surface area contributed by atoms with Crippen LogP contribution in [0.25, 0.3) is 0 Å². The molecule has 0 spiro atoms. The van der Waals surface area contributed by atoms with Crippen molar-refractivity contribution in [1.29, 1.82) is 0 Å². The van der Waals surface area contributed by atoms with Gasteiger partial charge in [0.05, 0.1) is 7.11 Å². The highest BCUT2D eigenvalue weighted by atomic mass is 127. The third-order valence-electron chi connectivity index (χ3n) is 3.53. The maximum Gasteiger partial charge on any atom is 0.407 e. The van der Waals surface area contributed by atoms with E-state index in [2.05, 4.69) is 37.8 Å². The highest BCUT2D eigenvalue weighted by molar-refractivity contribution is 14.1. The average molecular weight is 433 g/mol. The third kappa shape index (κ3) is 5.49. The Balaban J connectivity index is 1.90. The SMILES string of the molecule is COc1nccc(I)c1CN1CCC(NC(=O)OC(C)(C)C)C1. The lowest BCUT2D eigenvalue weighted by Gasteiger charge is -2.22. The topological polar surface area (TPSA) is 63.7 Å². The Morgan fingerprint density at radius 2 is 2.26 bits per heavy atom. The molecule has 1 aromatic rings. The van der Waals surface area contributed by atoms with Gasteiger partial charge in [-0.05, 0) is 55.8 Å². The summed E-state index contributed by atoms with van der Waals surface area (Å²) in [5, 5.41) is 2.94. The molecule has 7 heteroatoms. The van der Waals surface area contributed by atoms with Gasteiger partial charge in [-0.1, -0.05) is 0 Å². The van der Waals surface area contributed by atoms with Crippen molar-refractivity contribution in [1.82, 2.24) is 15.2 Å². The monoisotopic (exact) mass is 433 g/mol. The lowest BCUT2D eigenvalue weighted by Crippen LogP contribution is -2.40. The first-order valence-electron chi connectivity index (χ1n) is 7.67. The molecule has 23 heavy (non-hydrogen) atoms. The molecule has 1 saturated heterocycles. The number of hydrogen-bond acceptors (Lipinski definition) is 5. The quantitative estimate of drug-likeness (QED) is 0.741. The predicted molar refractivity (Wildman–Crippen MR) is 96.6 cm³/mol. The number of aromatic nitrogens is 1. The van der Waals surface area contributed by atoms with Crippen LogP contribution in [0.2, 0.25) is 0 Å². The van der Waals surface area contributed by atoms with Crippen molar-refractivity contribution in [2.45, 2.75) is 45.4 Å². The number of halogens is 1. The van der Waals surface area contributed by atoms with Crippen molar-refractivity contribution in [3.63, 3.8) is 0 Å². The molecule has 1 aliphatic heterocycles. The summed E-state index contributed by atoms with van der Waals surface area (Å²) in [7, 11) is 1.64. The van der Waals surface area contributed by atoms with Crippen LogP contribution in [0.4, 0.5) is 4.79 Å². The number of rotatable bonds is 4. The zero-order valence-electron chi connectivity index (χ0n) is 14.1. The number of hydrogen-bond donors (Lipinski definition) is 1. The summed E-state index contributed by atoms with van der Waals surface area (Å²) in [5.74, 6) is 0.667. The molecule has 1 atom stereocenters. The fraction of sp³-hybridized carbons (Fsp3) is 0.625. The standard InChI is InChI=1S/C16H24IN3O3/c1-16(2,3)23-15(21)19-11-6-8-20(9-11)10-12-13(17)5-7-18-14(12)22-4/h5,7,11H,6,8-10H2,1-4H3,(H,19,21). The minimum atomic E-state index is -0.471. The van der Waals surface area contributed by atoms with Crippen LogP contribution in [0.15, 0.2) is 12.3 Å².